The molecule has 0 bridgehead atoms. The summed E-state index contributed by atoms with van der Waals surface area (Å²) in [4.78, 5) is 56.8. The predicted octanol–water partition coefficient (Wildman–Crippen LogP) is -3.03. The van der Waals surface area contributed by atoms with Gasteiger partial charge in [0, 0.05) is 6.61 Å². The van der Waals surface area contributed by atoms with Gasteiger partial charge in [0.2, 0.25) is 7.83 Å². The lowest BCUT2D eigenvalue weighted by atomic mass is 10.3. The van der Waals surface area contributed by atoms with Crippen molar-refractivity contribution in [3.05, 3.63) is 0 Å². The van der Waals surface area contributed by atoms with Gasteiger partial charge in [-0.2, -0.15) is 0 Å². The van der Waals surface area contributed by atoms with Crippen LogP contribution in [0.3, 0.4) is 0 Å². The molecule has 2 atom stereocenters. The van der Waals surface area contributed by atoms with Gasteiger partial charge >= 0.3 is 41.4 Å². The minimum atomic E-state index is -4.75. The first-order valence-electron chi connectivity index (χ1n) is 8.42. The van der Waals surface area contributed by atoms with Crippen LogP contribution in [0.5, 0.6) is 0 Å². The summed E-state index contributed by atoms with van der Waals surface area (Å²) in [6.45, 7) is -0.324. The molecule has 0 radical (unpaired) electrons. The molecule has 154 valence electrons. The quantitative estimate of drug-likeness (QED) is 0.184. The first-order chi connectivity index (χ1) is 12.3. The van der Waals surface area contributed by atoms with Crippen LogP contribution in [-0.4, -0.2) is 92.2 Å². The fraction of sp³-hybridized carbons (Fsp3) is 1.00. The van der Waals surface area contributed by atoms with Crippen LogP contribution in [0.15, 0.2) is 0 Å². The average Bonchev–Trinajstić information content (AvgIpc) is 2.63. The minimum Gasteiger partial charge on any atom is -0.542 e. The van der Waals surface area contributed by atoms with Crippen molar-refractivity contribution in [3.63, 3.8) is 0 Å². The van der Waals surface area contributed by atoms with E-state index in [1.165, 1.54) is 0 Å². The number of rotatable bonds is 8. The standard InChI is InChI=1S/C9H24O11Si7/c10-21(11)23(14)24(15)26(16)6-3-1-2-5-25(8-9-26,22(12)13)7-4-20-27(17,18)19/h10,12,16-19H,1-9H2. The molecule has 0 aromatic carbocycles. The third-order valence-corrected chi connectivity index (χ3v) is 38.4. The molecule has 18 heteroatoms. The molecule has 1 heterocycles. The third kappa shape index (κ3) is 7.46. The number of hydrogen-bond acceptors (Lipinski definition) is 9. The van der Waals surface area contributed by atoms with Gasteiger partial charge < -0.3 is 51.0 Å². The first-order valence-corrected chi connectivity index (χ1v) is 24.7. The van der Waals surface area contributed by atoms with Gasteiger partial charge in [0.1, 0.15) is 0 Å². The highest BCUT2D eigenvalue weighted by molar-refractivity contribution is 7.56. The number of hydrogen-bond donors (Lipinski definition) is 6. The Morgan fingerprint density at radius 1 is 0.889 bits per heavy atom. The Morgan fingerprint density at radius 3 is 2.00 bits per heavy atom. The van der Waals surface area contributed by atoms with Crippen molar-refractivity contribution in [2.45, 2.75) is 49.5 Å². The summed E-state index contributed by atoms with van der Waals surface area (Å²) in [5, 5.41) is 0. The van der Waals surface area contributed by atoms with E-state index in [9.17, 15) is 27.4 Å². The van der Waals surface area contributed by atoms with E-state index in [1.54, 1.807) is 0 Å². The van der Waals surface area contributed by atoms with E-state index in [-0.39, 0.29) is 30.8 Å². The van der Waals surface area contributed by atoms with Crippen molar-refractivity contribution in [3.8, 4) is 0 Å². The Kier molecular flexibility index (Phi) is 9.54. The van der Waals surface area contributed by atoms with Crippen LogP contribution >= 0.6 is 0 Å². The summed E-state index contributed by atoms with van der Waals surface area (Å²) in [6, 6.07) is 0.721. The summed E-state index contributed by atoms with van der Waals surface area (Å²) >= 11 is 0. The van der Waals surface area contributed by atoms with Crippen LogP contribution in [0.1, 0.15) is 19.3 Å². The summed E-state index contributed by atoms with van der Waals surface area (Å²) in [6.07, 6.45) is 1.69. The molecule has 0 amide bonds. The fourth-order valence-corrected chi connectivity index (χ4v) is 38.1. The zero-order valence-corrected chi connectivity index (χ0v) is 21.6. The van der Waals surface area contributed by atoms with E-state index in [0.29, 0.717) is 25.3 Å². The van der Waals surface area contributed by atoms with Crippen molar-refractivity contribution in [1.29, 1.82) is 0 Å². The second-order valence-corrected chi connectivity index (χ2v) is 34.9. The minimum absolute atomic E-state index is 0.0422. The maximum Gasteiger partial charge on any atom is 0.671 e. The van der Waals surface area contributed by atoms with Crippen LogP contribution < -0.4 is 0 Å². The van der Waals surface area contributed by atoms with Crippen LogP contribution in [0.25, 0.3) is 0 Å². The van der Waals surface area contributed by atoms with Crippen molar-refractivity contribution in [2.24, 2.45) is 0 Å². The van der Waals surface area contributed by atoms with Crippen molar-refractivity contribution in [1.82, 2.24) is 0 Å². The molecular weight excluding hydrogens is 481 g/mol. The highest BCUT2D eigenvalue weighted by Gasteiger charge is 2.53. The molecule has 11 nitrogen and oxygen atoms in total. The molecule has 0 saturated carbocycles. The largest absolute Gasteiger partial charge is 0.671 e. The van der Waals surface area contributed by atoms with Gasteiger partial charge in [-0.25, -0.2) is 0 Å². The predicted molar refractivity (Wildman–Crippen MR) is 100 cm³/mol. The second kappa shape index (κ2) is 10.2. The average molecular weight is 505 g/mol. The van der Waals surface area contributed by atoms with Crippen LogP contribution in [-0.2, 0) is 22.3 Å². The Morgan fingerprint density at radius 2 is 1.48 bits per heavy atom. The molecule has 0 spiro atoms. The van der Waals surface area contributed by atoms with Crippen LogP contribution in [0, 0.1) is 0 Å². The summed E-state index contributed by atoms with van der Waals surface area (Å²) in [7, 11) is -24.4. The van der Waals surface area contributed by atoms with Crippen molar-refractivity contribution >= 4 is 56.8 Å². The molecule has 6 N–H and O–H groups in total. The van der Waals surface area contributed by atoms with Gasteiger partial charge in [0.25, 0.3) is 0 Å². The molecule has 27 heavy (non-hydrogen) atoms. The maximum atomic E-state index is 12.5. The van der Waals surface area contributed by atoms with E-state index in [2.05, 4.69) is 4.43 Å². The highest BCUT2D eigenvalue weighted by Crippen LogP contribution is 2.33. The second-order valence-electron chi connectivity index (χ2n) is 6.81. The molecular formula is C9H24O11Si7. The zero-order valence-electron chi connectivity index (χ0n) is 14.6. The topological polar surface area (TPSA) is 199 Å². The summed E-state index contributed by atoms with van der Waals surface area (Å²) < 4.78 is 52.3. The molecule has 1 saturated heterocycles. The third-order valence-electron chi connectivity index (χ3n) is 4.92. The molecule has 0 aromatic rings. The monoisotopic (exact) mass is 504 g/mol. The first kappa shape index (κ1) is 25.2. The Bertz CT molecular complexity index is 609. The molecule has 2 unspecified atom stereocenters. The van der Waals surface area contributed by atoms with Gasteiger partial charge in [0.15, 0.2) is 7.59 Å². The van der Waals surface area contributed by atoms with Crippen LogP contribution in [0.4, 0.5) is 0 Å². The molecule has 0 aliphatic carbocycles. The van der Waals surface area contributed by atoms with Gasteiger partial charge in [-0.15, -0.1) is 0 Å². The van der Waals surface area contributed by atoms with Crippen molar-refractivity contribution in [2.75, 3.05) is 6.61 Å². The lowest BCUT2D eigenvalue weighted by Crippen LogP contribution is -2.56. The van der Waals surface area contributed by atoms with E-state index in [1.807, 2.05) is 0 Å². The van der Waals surface area contributed by atoms with Crippen LogP contribution in [0.2, 0.25) is 30.2 Å². The summed E-state index contributed by atoms with van der Waals surface area (Å²) in [5.74, 6) is 0. The van der Waals surface area contributed by atoms with E-state index in [4.69, 9.17) is 19.2 Å². The lowest BCUT2D eigenvalue weighted by molar-refractivity contribution is 0.0683. The Labute approximate surface area is 164 Å². The maximum absolute atomic E-state index is 12.5. The normalized spacial score (nSPS) is 27.1. The van der Waals surface area contributed by atoms with E-state index >= 15 is 0 Å². The van der Waals surface area contributed by atoms with Crippen molar-refractivity contribution < 1.29 is 51.0 Å². The smallest absolute Gasteiger partial charge is 0.542 e. The van der Waals surface area contributed by atoms with Gasteiger partial charge in [-0.05, 0) is 18.1 Å². The van der Waals surface area contributed by atoms with E-state index < -0.39 is 56.8 Å². The highest BCUT2D eigenvalue weighted by atomic mass is 29.8. The molecule has 1 aliphatic rings. The molecule has 0 aromatic heterocycles. The van der Waals surface area contributed by atoms with Gasteiger partial charge in [-0.1, -0.05) is 31.4 Å². The molecule has 1 fully saturated rings. The van der Waals surface area contributed by atoms with Gasteiger partial charge in [0.05, 0.1) is 0 Å². The Hall–Kier alpha value is 0.118. The lowest BCUT2D eigenvalue weighted by Gasteiger charge is -2.28. The Balaban J connectivity index is 3.04. The molecule has 1 rings (SSSR count). The van der Waals surface area contributed by atoms with E-state index in [0.717, 1.165) is 0 Å². The molecule has 1 aliphatic heterocycles. The van der Waals surface area contributed by atoms with Gasteiger partial charge in [-0.3, -0.25) is 0 Å². The SMILES string of the molecule is O=[Si](O)[Si](=O)[Si](=O)[Si]1(O)CCCCC[Si](CCO[Si](O)(O)O)([Si](=O)O)CC1. The summed E-state index contributed by atoms with van der Waals surface area (Å²) in [5.41, 5.74) is 0. The zero-order chi connectivity index (χ0) is 20.9. The fourth-order valence-electron chi connectivity index (χ4n) is 3.24.